The number of rotatable bonds is 4. The molecule has 0 N–H and O–H groups in total. The minimum atomic E-state index is 0.996. The molecule has 0 atom stereocenters. The summed E-state index contributed by atoms with van der Waals surface area (Å²) in [6, 6.07) is 30.2. The zero-order valence-electron chi connectivity index (χ0n) is 17.8. The molecule has 2 heteroatoms. The third kappa shape index (κ3) is 3.57. The van der Waals surface area contributed by atoms with Crippen molar-refractivity contribution in [3.05, 3.63) is 115 Å². The minimum absolute atomic E-state index is 0.996. The first kappa shape index (κ1) is 19.1. The van der Waals surface area contributed by atoms with Crippen molar-refractivity contribution in [2.45, 2.75) is 13.8 Å². The highest BCUT2D eigenvalue weighted by Gasteiger charge is 2.09. The van der Waals surface area contributed by atoms with E-state index in [1.807, 2.05) is 19.1 Å². The van der Waals surface area contributed by atoms with Crippen molar-refractivity contribution in [3.63, 3.8) is 0 Å². The number of aryl methyl sites for hydroxylation is 1. The largest absolute Gasteiger partial charge is 0.297 e. The van der Waals surface area contributed by atoms with Gasteiger partial charge in [0.25, 0.3) is 0 Å². The molecule has 0 saturated carbocycles. The third-order valence-corrected chi connectivity index (χ3v) is 5.66. The molecule has 0 aliphatic rings. The minimum Gasteiger partial charge on any atom is -0.297 e. The topological polar surface area (TPSA) is 17.8 Å². The smallest absolute Gasteiger partial charge is 0.111 e. The van der Waals surface area contributed by atoms with Crippen molar-refractivity contribution in [1.29, 1.82) is 0 Å². The average molecular weight is 401 g/mol. The Hall–Kier alpha value is -3.91. The van der Waals surface area contributed by atoms with Gasteiger partial charge in [-0.1, -0.05) is 72.8 Å². The van der Waals surface area contributed by atoms with Gasteiger partial charge in [0.05, 0.1) is 11.0 Å². The lowest BCUT2D eigenvalue weighted by molar-refractivity contribution is 1.00. The van der Waals surface area contributed by atoms with Crippen LogP contribution < -0.4 is 0 Å². The summed E-state index contributed by atoms with van der Waals surface area (Å²) in [4.78, 5) is 4.70. The molecule has 1 heterocycles. The van der Waals surface area contributed by atoms with Gasteiger partial charge in [-0.3, -0.25) is 4.57 Å². The van der Waals surface area contributed by atoms with Gasteiger partial charge in [0.15, 0.2) is 0 Å². The van der Waals surface area contributed by atoms with Gasteiger partial charge in [-0.05, 0) is 77.7 Å². The van der Waals surface area contributed by atoms with Gasteiger partial charge in [0.2, 0.25) is 0 Å². The molecule has 0 amide bonds. The van der Waals surface area contributed by atoms with Gasteiger partial charge in [-0.15, -0.1) is 0 Å². The Balaban J connectivity index is 1.59. The quantitative estimate of drug-likeness (QED) is 0.282. The second-order valence-electron chi connectivity index (χ2n) is 7.70. The van der Waals surface area contributed by atoms with Crippen LogP contribution in [0.4, 0.5) is 0 Å². The zero-order valence-corrected chi connectivity index (χ0v) is 17.8. The van der Waals surface area contributed by atoms with E-state index >= 15 is 0 Å². The van der Waals surface area contributed by atoms with Crippen molar-refractivity contribution in [1.82, 2.24) is 9.55 Å². The summed E-state index contributed by atoms with van der Waals surface area (Å²) >= 11 is 0. The summed E-state index contributed by atoms with van der Waals surface area (Å²) in [5.74, 6) is 0.996. The van der Waals surface area contributed by atoms with Gasteiger partial charge < -0.3 is 0 Å². The molecule has 0 fully saturated rings. The fourth-order valence-electron chi connectivity index (χ4n) is 4.19. The lowest BCUT2D eigenvalue weighted by atomic mass is 9.96. The maximum Gasteiger partial charge on any atom is 0.111 e. The number of aromatic nitrogens is 2. The van der Waals surface area contributed by atoms with E-state index in [1.165, 1.54) is 27.5 Å². The number of imidazole rings is 1. The normalized spacial score (nSPS) is 11.9. The van der Waals surface area contributed by atoms with Crippen LogP contribution in [0, 0.1) is 6.92 Å². The molecule has 0 spiro atoms. The Morgan fingerprint density at radius 1 is 0.774 bits per heavy atom. The molecule has 31 heavy (non-hydrogen) atoms. The Bertz CT molecular complexity index is 1430. The van der Waals surface area contributed by atoms with Crippen LogP contribution in [0.5, 0.6) is 0 Å². The van der Waals surface area contributed by atoms with E-state index in [-0.39, 0.29) is 0 Å². The van der Waals surface area contributed by atoms with E-state index in [0.29, 0.717) is 0 Å². The summed E-state index contributed by atoms with van der Waals surface area (Å²) in [5.41, 5.74) is 6.94. The van der Waals surface area contributed by atoms with Gasteiger partial charge >= 0.3 is 0 Å². The zero-order chi connectivity index (χ0) is 21.2. The molecule has 0 aliphatic heterocycles. The van der Waals surface area contributed by atoms with E-state index in [0.717, 1.165) is 22.5 Å². The van der Waals surface area contributed by atoms with Crippen molar-refractivity contribution in [3.8, 4) is 16.8 Å². The Labute approximate surface area is 182 Å². The first-order chi connectivity index (χ1) is 15.2. The summed E-state index contributed by atoms with van der Waals surface area (Å²) < 4.78 is 2.21. The van der Waals surface area contributed by atoms with E-state index in [4.69, 9.17) is 4.98 Å². The number of hydrogen-bond acceptors (Lipinski definition) is 1. The average Bonchev–Trinajstić information content (AvgIpc) is 3.15. The van der Waals surface area contributed by atoms with Crippen LogP contribution >= 0.6 is 0 Å². The molecular weight excluding hydrogens is 376 g/mol. The highest BCUT2D eigenvalue weighted by molar-refractivity contribution is 5.94. The lowest BCUT2D eigenvalue weighted by Crippen LogP contribution is -1.96. The number of benzene rings is 4. The van der Waals surface area contributed by atoms with E-state index < -0.39 is 0 Å². The molecular formula is C29H24N2. The van der Waals surface area contributed by atoms with E-state index in [1.54, 1.807) is 0 Å². The Morgan fingerprint density at radius 2 is 1.55 bits per heavy atom. The van der Waals surface area contributed by atoms with Crippen LogP contribution in [0.1, 0.15) is 18.3 Å². The monoisotopic (exact) mass is 400 g/mol. The highest BCUT2D eigenvalue weighted by atomic mass is 15.1. The first-order valence-electron chi connectivity index (χ1n) is 10.6. The summed E-state index contributed by atoms with van der Waals surface area (Å²) in [6.45, 7) is 4.09. The van der Waals surface area contributed by atoms with Gasteiger partial charge in [-0.25, -0.2) is 4.98 Å². The van der Waals surface area contributed by atoms with Gasteiger partial charge in [0, 0.05) is 5.69 Å². The number of fused-ring (bicyclic) bond motifs is 2. The summed E-state index contributed by atoms with van der Waals surface area (Å²) in [5, 5.41) is 2.52. The molecule has 0 unspecified atom stereocenters. The van der Waals surface area contributed by atoms with Crippen LogP contribution in [0.15, 0.2) is 103 Å². The Kier molecular flexibility index (Phi) is 4.97. The van der Waals surface area contributed by atoms with Gasteiger partial charge in [-0.2, -0.15) is 0 Å². The van der Waals surface area contributed by atoms with E-state index in [2.05, 4.69) is 109 Å². The maximum absolute atomic E-state index is 4.70. The first-order valence-corrected chi connectivity index (χ1v) is 10.6. The van der Waals surface area contributed by atoms with E-state index in [9.17, 15) is 0 Å². The number of hydrogen-bond donors (Lipinski definition) is 0. The van der Waals surface area contributed by atoms with Crippen LogP contribution in [0.25, 0.3) is 44.7 Å². The molecule has 5 aromatic rings. The Morgan fingerprint density at radius 3 is 2.39 bits per heavy atom. The number of para-hydroxylation sites is 2. The predicted octanol–water partition coefficient (Wildman–Crippen LogP) is 7.74. The maximum atomic E-state index is 4.70. The van der Waals surface area contributed by atoms with Crippen LogP contribution in [0.3, 0.4) is 0 Å². The standard InChI is InChI=1S/C29H24N2/c1-3-4-5-10-23-19-25(20-24-11-6-7-12-27(23)24)22-15-17-26(18-16-22)31-21(2)30-28-13-8-9-14-29(28)31/h3-20H,1-2H3/b4-3-,10-5-. The van der Waals surface area contributed by atoms with Crippen LogP contribution in [-0.4, -0.2) is 9.55 Å². The molecule has 2 nitrogen and oxygen atoms in total. The van der Waals surface area contributed by atoms with Crippen LogP contribution in [0.2, 0.25) is 0 Å². The van der Waals surface area contributed by atoms with Gasteiger partial charge in [0.1, 0.15) is 5.82 Å². The van der Waals surface area contributed by atoms with Crippen molar-refractivity contribution in [2.24, 2.45) is 0 Å². The van der Waals surface area contributed by atoms with Crippen LogP contribution in [-0.2, 0) is 0 Å². The third-order valence-electron chi connectivity index (χ3n) is 5.66. The molecule has 0 radical (unpaired) electrons. The van der Waals surface area contributed by atoms with Crippen molar-refractivity contribution < 1.29 is 0 Å². The predicted molar refractivity (Wildman–Crippen MR) is 133 cm³/mol. The number of allylic oxidation sites excluding steroid dienone is 3. The molecule has 0 saturated heterocycles. The molecule has 5 rings (SSSR count). The number of nitrogens with zero attached hydrogens (tertiary/aromatic N) is 2. The molecule has 0 aliphatic carbocycles. The molecule has 150 valence electrons. The highest BCUT2D eigenvalue weighted by Crippen LogP contribution is 2.30. The molecule has 4 aromatic carbocycles. The van der Waals surface area contributed by atoms with Crippen molar-refractivity contribution >= 4 is 27.9 Å². The summed E-state index contributed by atoms with van der Waals surface area (Å²) in [7, 11) is 0. The van der Waals surface area contributed by atoms with Crippen molar-refractivity contribution in [2.75, 3.05) is 0 Å². The fraction of sp³-hybridized carbons (Fsp3) is 0.0690. The fourth-order valence-corrected chi connectivity index (χ4v) is 4.19. The molecule has 0 bridgehead atoms. The second-order valence-corrected chi connectivity index (χ2v) is 7.70. The molecule has 1 aromatic heterocycles. The summed E-state index contributed by atoms with van der Waals surface area (Å²) in [6.07, 6.45) is 8.39. The second kappa shape index (κ2) is 8.08. The SMILES string of the molecule is C/C=C\C=C/c1cc(-c2ccc(-n3c(C)nc4ccccc43)cc2)cc2ccccc12. The lowest BCUT2D eigenvalue weighted by Gasteiger charge is -2.11.